The third-order valence-electron chi connectivity index (χ3n) is 4.71. The summed E-state index contributed by atoms with van der Waals surface area (Å²) in [4.78, 5) is 24.0. The van der Waals surface area contributed by atoms with Gasteiger partial charge in [0.05, 0.1) is 12.7 Å². The number of phenols is 1. The molecule has 0 aliphatic rings. The molecule has 0 aliphatic carbocycles. The van der Waals surface area contributed by atoms with Crippen LogP contribution in [0.25, 0.3) is 11.0 Å². The number of carbonyl (C=O) groups excluding carboxylic acids is 2. The van der Waals surface area contributed by atoms with E-state index in [-0.39, 0.29) is 18.8 Å². The maximum absolute atomic E-state index is 12.0. The molecule has 0 fully saturated rings. The molecule has 0 saturated carbocycles. The molecule has 3 rings (SSSR count). The molecule has 1 aromatic heterocycles. The summed E-state index contributed by atoms with van der Waals surface area (Å²) in [5.41, 5.74) is 3.00. The molecular formula is C22H23NO5. The highest BCUT2D eigenvalue weighted by Gasteiger charge is 2.14. The van der Waals surface area contributed by atoms with Gasteiger partial charge in [-0.25, -0.2) is 0 Å². The van der Waals surface area contributed by atoms with E-state index in [0.717, 1.165) is 11.8 Å². The SMILES string of the molecule is CC[C@H](C)c1ccc(NC(=O)COC(=O)Cc2coc3cc(O)ccc23)cc1. The highest BCUT2D eigenvalue weighted by Crippen LogP contribution is 2.25. The number of amides is 1. The number of rotatable bonds is 7. The zero-order valence-electron chi connectivity index (χ0n) is 15.9. The molecule has 0 saturated heterocycles. The van der Waals surface area contributed by atoms with Crippen LogP contribution in [0.1, 0.15) is 37.3 Å². The molecule has 28 heavy (non-hydrogen) atoms. The summed E-state index contributed by atoms with van der Waals surface area (Å²) in [6.45, 7) is 3.92. The van der Waals surface area contributed by atoms with Crippen molar-refractivity contribution >= 4 is 28.5 Å². The zero-order valence-corrected chi connectivity index (χ0v) is 15.9. The highest BCUT2D eigenvalue weighted by atomic mass is 16.5. The van der Waals surface area contributed by atoms with E-state index in [0.29, 0.717) is 22.8 Å². The number of ether oxygens (including phenoxy) is 1. The van der Waals surface area contributed by atoms with Crippen LogP contribution >= 0.6 is 0 Å². The Kier molecular flexibility index (Phi) is 5.99. The van der Waals surface area contributed by atoms with Crippen LogP contribution < -0.4 is 5.32 Å². The molecule has 3 aromatic rings. The number of fused-ring (bicyclic) bond motifs is 1. The number of aromatic hydroxyl groups is 1. The van der Waals surface area contributed by atoms with Gasteiger partial charge in [-0.2, -0.15) is 0 Å². The van der Waals surface area contributed by atoms with Crippen LogP contribution in [0.3, 0.4) is 0 Å². The van der Waals surface area contributed by atoms with E-state index in [2.05, 4.69) is 19.2 Å². The van der Waals surface area contributed by atoms with Gasteiger partial charge in [-0.05, 0) is 42.2 Å². The van der Waals surface area contributed by atoms with Crippen LogP contribution in [-0.4, -0.2) is 23.6 Å². The van der Waals surface area contributed by atoms with Gasteiger partial charge < -0.3 is 19.6 Å². The Labute approximate surface area is 163 Å². The summed E-state index contributed by atoms with van der Waals surface area (Å²) in [6.07, 6.45) is 2.48. The summed E-state index contributed by atoms with van der Waals surface area (Å²) >= 11 is 0. The van der Waals surface area contributed by atoms with Crippen molar-refractivity contribution in [2.24, 2.45) is 0 Å². The number of esters is 1. The number of benzene rings is 2. The molecule has 0 spiro atoms. The molecule has 146 valence electrons. The smallest absolute Gasteiger partial charge is 0.310 e. The number of phenolic OH excluding ortho intramolecular Hbond substituents is 1. The normalized spacial score (nSPS) is 11.9. The largest absolute Gasteiger partial charge is 0.508 e. The maximum atomic E-state index is 12.0. The van der Waals surface area contributed by atoms with Crippen molar-refractivity contribution < 1.29 is 23.8 Å². The average molecular weight is 381 g/mol. The lowest BCUT2D eigenvalue weighted by atomic mass is 9.99. The minimum absolute atomic E-state index is 0.0192. The van der Waals surface area contributed by atoms with Gasteiger partial charge in [-0.15, -0.1) is 0 Å². The molecule has 0 bridgehead atoms. The molecule has 0 radical (unpaired) electrons. The Morgan fingerprint density at radius 2 is 1.93 bits per heavy atom. The minimum atomic E-state index is -0.530. The Morgan fingerprint density at radius 1 is 1.18 bits per heavy atom. The Hall–Kier alpha value is -3.28. The monoisotopic (exact) mass is 381 g/mol. The molecule has 1 amide bonds. The van der Waals surface area contributed by atoms with Crippen LogP contribution in [0.4, 0.5) is 5.69 Å². The predicted molar refractivity (Wildman–Crippen MR) is 106 cm³/mol. The molecule has 0 aliphatic heterocycles. The number of hydrogen-bond donors (Lipinski definition) is 2. The van der Waals surface area contributed by atoms with Crippen LogP contribution in [-0.2, 0) is 20.7 Å². The lowest BCUT2D eigenvalue weighted by molar-refractivity contribution is -0.146. The van der Waals surface area contributed by atoms with Gasteiger partial charge in [-0.3, -0.25) is 9.59 Å². The molecule has 2 aromatic carbocycles. The van der Waals surface area contributed by atoms with E-state index in [4.69, 9.17) is 9.15 Å². The summed E-state index contributed by atoms with van der Waals surface area (Å²) in [5, 5.41) is 12.9. The number of furan rings is 1. The van der Waals surface area contributed by atoms with Crippen molar-refractivity contribution in [2.75, 3.05) is 11.9 Å². The number of anilines is 1. The zero-order chi connectivity index (χ0) is 20.1. The first-order valence-electron chi connectivity index (χ1n) is 9.20. The van der Waals surface area contributed by atoms with Crippen molar-refractivity contribution in [1.29, 1.82) is 0 Å². The van der Waals surface area contributed by atoms with Crippen molar-refractivity contribution in [2.45, 2.75) is 32.6 Å². The molecule has 1 heterocycles. The molecule has 0 unspecified atom stereocenters. The van der Waals surface area contributed by atoms with E-state index >= 15 is 0 Å². The molecule has 1 atom stereocenters. The van der Waals surface area contributed by atoms with Gasteiger partial charge in [0.1, 0.15) is 11.3 Å². The third-order valence-corrected chi connectivity index (χ3v) is 4.71. The van der Waals surface area contributed by atoms with E-state index in [1.165, 1.54) is 24.0 Å². The van der Waals surface area contributed by atoms with Gasteiger partial charge >= 0.3 is 5.97 Å². The van der Waals surface area contributed by atoms with Gasteiger partial charge in [0.2, 0.25) is 0 Å². The Morgan fingerprint density at radius 3 is 2.64 bits per heavy atom. The minimum Gasteiger partial charge on any atom is -0.508 e. The van der Waals surface area contributed by atoms with Crippen LogP contribution in [0.2, 0.25) is 0 Å². The Bertz CT molecular complexity index is 974. The fourth-order valence-electron chi connectivity index (χ4n) is 2.89. The molecule has 6 nitrogen and oxygen atoms in total. The first-order chi connectivity index (χ1) is 13.5. The first-order valence-corrected chi connectivity index (χ1v) is 9.20. The average Bonchev–Trinajstić information content (AvgIpc) is 3.08. The van der Waals surface area contributed by atoms with E-state index < -0.39 is 11.9 Å². The summed E-state index contributed by atoms with van der Waals surface area (Å²) in [5.74, 6) is -0.372. The van der Waals surface area contributed by atoms with Crippen LogP contribution in [0, 0.1) is 0 Å². The first kappa shape index (κ1) is 19.5. The fourth-order valence-corrected chi connectivity index (χ4v) is 2.89. The lowest BCUT2D eigenvalue weighted by Crippen LogP contribution is -2.21. The topological polar surface area (TPSA) is 88.8 Å². The maximum Gasteiger partial charge on any atom is 0.310 e. The van der Waals surface area contributed by atoms with Crippen molar-refractivity contribution in [3.05, 3.63) is 59.9 Å². The van der Waals surface area contributed by atoms with Crippen molar-refractivity contribution in [1.82, 2.24) is 0 Å². The summed E-state index contributed by atoms with van der Waals surface area (Å²) < 4.78 is 10.4. The second-order valence-electron chi connectivity index (χ2n) is 6.76. The second-order valence-corrected chi connectivity index (χ2v) is 6.76. The quantitative estimate of drug-likeness (QED) is 0.593. The lowest BCUT2D eigenvalue weighted by Gasteiger charge is -2.10. The number of nitrogens with one attached hydrogen (secondary N) is 1. The highest BCUT2D eigenvalue weighted by molar-refractivity contribution is 5.93. The van der Waals surface area contributed by atoms with Crippen molar-refractivity contribution in [3.8, 4) is 5.75 Å². The van der Waals surface area contributed by atoms with E-state index in [1.807, 2.05) is 24.3 Å². The van der Waals surface area contributed by atoms with Gasteiger partial charge in [0.25, 0.3) is 5.91 Å². The molecule has 2 N–H and O–H groups in total. The van der Waals surface area contributed by atoms with E-state index in [9.17, 15) is 14.7 Å². The predicted octanol–water partition coefficient (Wildman–Crippen LogP) is 4.38. The second kappa shape index (κ2) is 8.61. The standard InChI is InChI=1S/C22H23NO5/c1-3-14(2)15-4-6-17(7-5-15)23-21(25)13-28-22(26)10-16-12-27-20-11-18(24)8-9-19(16)20/h4-9,11-12,14,24H,3,10,13H2,1-2H3,(H,23,25)/t14-/m0/s1. The molecular weight excluding hydrogens is 358 g/mol. The van der Waals surface area contributed by atoms with Crippen molar-refractivity contribution in [3.63, 3.8) is 0 Å². The third kappa shape index (κ3) is 4.71. The summed E-state index contributed by atoms with van der Waals surface area (Å²) in [6, 6.07) is 12.3. The summed E-state index contributed by atoms with van der Waals surface area (Å²) in [7, 11) is 0. The van der Waals surface area contributed by atoms with E-state index in [1.54, 1.807) is 6.07 Å². The van der Waals surface area contributed by atoms with Crippen LogP contribution in [0.5, 0.6) is 5.75 Å². The number of hydrogen-bond acceptors (Lipinski definition) is 5. The van der Waals surface area contributed by atoms with Gasteiger partial charge in [-0.1, -0.05) is 26.0 Å². The van der Waals surface area contributed by atoms with Crippen LogP contribution in [0.15, 0.2) is 53.1 Å². The fraction of sp³-hybridized carbons (Fsp3) is 0.273. The molecule has 6 heteroatoms. The number of carbonyl (C=O) groups is 2. The van der Waals surface area contributed by atoms with Gasteiger partial charge in [0.15, 0.2) is 6.61 Å². The Balaban J connectivity index is 1.50. The van der Waals surface area contributed by atoms with Gasteiger partial charge in [0, 0.05) is 22.7 Å².